The maximum absolute atomic E-state index is 10.5. The van der Waals surface area contributed by atoms with Crippen molar-refractivity contribution >= 4 is 34.0 Å². The fourth-order valence-corrected chi connectivity index (χ4v) is 2.61. The van der Waals surface area contributed by atoms with Crippen molar-refractivity contribution < 1.29 is 9.21 Å². The zero-order chi connectivity index (χ0) is 15.1. The molecule has 1 aliphatic carbocycles. The highest BCUT2D eigenvalue weighted by atomic mass is 16.3. The molecule has 1 heterocycles. The fourth-order valence-electron chi connectivity index (χ4n) is 2.61. The molecule has 0 atom stereocenters. The first-order chi connectivity index (χ1) is 10.8. The molecule has 0 fully saturated rings. The van der Waals surface area contributed by atoms with E-state index < -0.39 is 0 Å². The van der Waals surface area contributed by atoms with Gasteiger partial charge in [-0.15, -0.1) is 0 Å². The Morgan fingerprint density at radius 3 is 2.73 bits per heavy atom. The average Bonchev–Trinajstić information content (AvgIpc) is 2.54. The number of fused-ring (bicyclic) bond motifs is 4. The van der Waals surface area contributed by atoms with E-state index in [1.54, 1.807) is 24.3 Å². The Kier molecular flexibility index (Phi) is 2.66. The highest BCUT2D eigenvalue weighted by molar-refractivity contribution is 6.09. The van der Waals surface area contributed by atoms with Gasteiger partial charge in [-0.3, -0.25) is 4.79 Å². The van der Waals surface area contributed by atoms with Gasteiger partial charge in [0.1, 0.15) is 11.2 Å². The summed E-state index contributed by atoms with van der Waals surface area (Å²) in [4.78, 5) is 18.9. The van der Waals surface area contributed by atoms with Crippen molar-refractivity contribution in [3.63, 3.8) is 0 Å². The van der Waals surface area contributed by atoms with Gasteiger partial charge in [0.2, 0.25) is 6.41 Å². The third kappa shape index (κ3) is 1.83. The molecule has 5 nitrogen and oxygen atoms in total. The van der Waals surface area contributed by atoms with Gasteiger partial charge in [-0.2, -0.15) is 0 Å². The van der Waals surface area contributed by atoms with Gasteiger partial charge in [-0.25, -0.2) is 9.98 Å². The van der Waals surface area contributed by atoms with Crippen molar-refractivity contribution in [1.82, 2.24) is 4.98 Å². The van der Waals surface area contributed by atoms with E-state index >= 15 is 0 Å². The van der Waals surface area contributed by atoms with Crippen LogP contribution in [0, 0.1) is 0 Å². The number of carbonyl (C=O) groups excluding carboxylic acids is 1. The van der Waals surface area contributed by atoms with Crippen LogP contribution in [0.15, 0.2) is 57.9 Å². The summed E-state index contributed by atoms with van der Waals surface area (Å²) in [6.45, 7) is 0. The molecule has 2 N–H and O–H groups in total. The van der Waals surface area contributed by atoms with Gasteiger partial charge in [0, 0.05) is 28.6 Å². The average molecular weight is 289 g/mol. The minimum absolute atomic E-state index is 0.501. The second-order valence-electron chi connectivity index (χ2n) is 4.96. The van der Waals surface area contributed by atoms with Crippen molar-refractivity contribution in [3.8, 4) is 11.5 Å². The van der Waals surface area contributed by atoms with Crippen molar-refractivity contribution in [2.24, 2.45) is 4.99 Å². The van der Waals surface area contributed by atoms with Crippen LogP contribution in [0.25, 0.3) is 33.3 Å². The first-order valence-electron chi connectivity index (χ1n) is 6.75. The number of aromatic nitrogens is 1. The number of carbonyl (C=O) groups is 1. The minimum atomic E-state index is 0.501. The van der Waals surface area contributed by atoms with Crippen molar-refractivity contribution in [2.45, 2.75) is 0 Å². The summed E-state index contributed by atoms with van der Waals surface area (Å²) in [5.74, 6) is 0.560. The van der Waals surface area contributed by atoms with Crippen LogP contribution in [-0.2, 0) is 4.79 Å². The van der Waals surface area contributed by atoms with E-state index in [0.717, 1.165) is 16.3 Å². The van der Waals surface area contributed by atoms with Crippen LogP contribution in [0.3, 0.4) is 0 Å². The first kappa shape index (κ1) is 12.5. The molecule has 0 spiro atoms. The van der Waals surface area contributed by atoms with Crippen LogP contribution >= 0.6 is 0 Å². The Morgan fingerprint density at radius 1 is 1.09 bits per heavy atom. The summed E-state index contributed by atoms with van der Waals surface area (Å²) >= 11 is 0. The monoisotopic (exact) mass is 289 g/mol. The maximum Gasteiger partial charge on any atom is 0.233 e. The standard InChI is InChI=1S/C17H11N3O2/c18-13-8-16-17(12-4-2-1-3-11(12)13)20-14-6-5-10(19-9-21)7-15(14)22-16/h1-9H,18H2. The number of benzene rings is 3. The van der Waals surface area contributed by atoms with E-state index in [1.165, 1.54) is 0 Å². The predicted octanol–water partition coefficient (Wildman–Crippen LogP) is 2.73. The van der Waals surface area contributed by atoms with Gasteiger partial charge >= 0.3 is 0 Å². The number of hydrogen-bond donors (Lipinski definition) is 1. The van der Waals surface area contributed by atoms with Crippen LogP contribution in [0.4, 0.5) is 5.69 Å². The lowest BCUT2D eigenvalue weighted by atomic mass is 10.1. The largest absolute Gasteiger partial charge is 0.453 e. The molecule has 1 aliphatic heterocycles. The van der Waals surface area contributed by atoms with Gasteiger partial charge in [0.25, 0.3) is 0 Å². The lowest BCUT2D eigenvalue weighted by Crippen LogP contribution is -2.03. The van der Waals surface area contributed by atoms with Gasteiger partial charge in [0.05, 0.1) is 5.36 Å². The van der Waals surface area contributed by atoms with E-state index in [2.05, 4.69) is 9.98 Å². The number of nitrogens with zero attached hydrogens (tertiary/aromatic N) is 2. The Hall–Kier alpha value is -3.21. The Labute approximate surface area is 125 Å². The van der Waals surface area contributed by atoms with Crippen LogP contribution in [0.5, 0.6) is 0 Å². The normalized spacial score (nSPS) is 12.3. The molecule has 0 saturated carbocycles. The maximum atomic E-state index is 10.5. The van der Waals surface area contributed by atoms with Crippen molar-refractivity contribution in [3.05, 3.63) is 53.9 Å². The number of hydrogen-bond acceptors (Lipinski definition) is 4. The molecule has 5 heteroatoms. The van der Waals surface area contributed by atoms with Crippen LogP contribution in [-0.4, -0.2) is 11.4 Å². The summed E-state index contributed by atoms with van der Waals surface area (Å²) < 4.78 is 5.90. The molecule has 2 aromatic carbocycles. The van der Waals surface area contributed by atoms with Gasteiger partial charge in [-0.05, 0) is 12.1 Å². The summed E-state index contributed by atoms with van der Waals surface area (Å²) in [6, 6.07) is 14.8. The number of anilines is 1. The van der Waals surface area contributed by atoms with Crippen molar-refractivity contribution in [2.75, 3.05) is 5.73 Å². The smallest absolute Gasteiger partial charge is 0.233 e. The zero-order valence-corrected chi connectivity index (χ0v) is 11.5. The van der Waals surface area contributed by atoms with E-state index in [-0.39, 0.29) is 0 Å². The number of rotatable bonds is 1. The molecular formula is C17H11N3O2. The molecule has 22 heavy (non-hydrogen) atoms. The minimum Gasteiger partial charge on any atom is -0.453 e. The number of nitrogen functional groups attached to an aromatic ring is 1. The molecule has 0 radical (unpaired) electrons. The Morgan fingerprint density at radius 2 is 1.91 bits per heavy atom. The molecule has 1 amide bonds. The molecule has 0 bridgehead atoms. The lowest BCUT2D eigenvalue weighted by molar-refractivity contribution is -0.107. The molecular weight excluding hydrogens is 278 g/mol. The molecule has 4 rings (SSSR count). The summed E-state index contributed by atoms with van der Waals surface area (Å²) in [7, 11) is 0. The summed E-state index contributed by atoms with van der Waals surface area (Å²) in [5, 5.41) is 2.43. The summed E-state index contributed by atoms with van der Waals surface area (Å²) in [6.07, 6.45) is 0.501. The fraction of sp³-hybridized carbons (Fsp3) is 0. The van der Waals surface area contributed by atoms with Crippen molar-refractivity contribution in [1.29, 1.82) is 0 Å². The van der Waals surface area contributed by atoms with Crippen LogP contribution < -0.4 is 11.1 Å². The van der Waals surface area contributed by atoms with E-state index in [1.807, 2.05) is 24.3 Å². The SMILES string of the molecule is Nc1cc2oc3cc(=NC=O)ccc-3nc2c2ccccc12. The van der Waals surface area contributed by atoms with E-state index in [0.29, 0.717) is 34.5 Å². The van der Waals surface area contributed by atoms with Crippen LogP contribution in [0.1, 0.15) is 0 Å². The van der Waals surface area contributed by atoms with E-state index in [4.69, 9.17) is 10.2 Å². The molecule has 2 aromatic rings. The second-order valence-corrected chi connectivity index (χ2v) is 4.96. The third-order valence-electron chi connectivity index (χ3n) is 3.61. The zero-order valence-electron chi connectivity index (χ0n) is 11.5. The summed E-state index contributed by atoms with van der Waals surface area (Å²) in [5.41, 5.74) is 8.80. The highest BCUT2D eigenvalue weighted by Gasteiger charge is 2.12. The molecule has 2 aliphatic rings. The van der Waals surface area contributed by atoms with Gasteiger partial charge in [-0.1, -0.05) is 24.3 Å². The Bertz CT molecular complexity index is 1070. The van der Waals surface area contributed by atoms with E-state index in [9.17, 15) is 4.79 Å². The number of nitrogens with two attached hydrogens (primary N) is 1. The quantitative estimate of drug-likeness (QED) is 0.253. The third-order valence-corrected chi connectivity index (χ3v) is 3.61. The number of amides is 1. The topological polar surface area (TPSA) is 81.5 Å². The molecule has 0 aromatic heterocycles. The second kappa shape index (κ2) is 4.66. The predicted molar refractivity (Wildman–Crippen MR) is 84.2 cm³/mol. The van der Waals surface area contributed by atoms with Crippen LogP contribution in [0.2, 0.25) is 0 Å². The Balaban J connectivity index is 2.16. The highest BCUT2D eigenvalue weighted by Crippen LogP contribution is 2.32. The first-order valence-corrected chi connectivity index (χ1v) is 6.75. The van der Waals surface area contributed by atoms with Gasteiger partial charge in [0.15, 0.2) is 11.3 Å². The van der Waals surface area contributed by atoms with Gasteiger partial charge < -0.3 is 10.2 Å². The lowest BCUT2D eigenvalue weighted by Gasteiger charge is -2.09. The molecule has 106 valence electrons. The molecule has 0 unspecified atom stereocenters. The molecule has 0 saturated heterocycles.